The minimum atomic E-state index is 0.172. The lowest BCUT2D eigenvalue weighted by Crippen LogP contribution is -2.19. The van der Waals surface area contributed by atoms with Crippen molar-refractivity contribution >= 4 is 11.9 Å². The summed E-state index contributed by atoms with van der Waals surface area (Å²) in [5.41, 5.74) is 2.41. The maximum absolute atomic E-state index is 9.01. The molecule has 2 rings (SSSR count). The molecule has 0 aliphatic rings. The molecule has 0 bridgehead atoms. The van der Waals surface area contributed by atoms with Gasteiger partial charge in [-0.05, 0) is 18.4 Å². The highest BCUT2D eigenvalue weighted by Crippen LogP contribution is 2.11. The van der Waals surface area contributed by atoms with Gasteiger partial charge in [0.05, 0.1) is 0 Å². The van der Waals surface area contributed by atoms with Gasteiger partial charge < -0.3 is 10.4 Å². The summed E-state index contributed by atoms with van der Waals surface area (Å²) in [5, 5.41) is 16.2. The molecule has 0 saturated carbocycles. The van der Waals surface area contributed by atoms with E-state index in [1.165, 1.54) is 4.68 Å². The molecular formula is C12H20N8O. The van der Waals surface area contributed by atoms with E-state index in [1.54, 1.807) is 18.5 Å². The van der Waals surface area contributed by atoms with Crippen LogP contribution in [0.4, 0.5) is 11.9 Å². The Morgan fingerprint density at radius 3 is 2.76 bits per heavy atom. The molecule has 0 radical (unpaired) electrons. The zero-order chi connectivity index (χ0) is 15.1. The molecule has 0 aromatic carbocycles. The number of aromatic nitrogens is 5. The van der Waals surface area contributed by atoms with Crippen molar-refractivity contribution in [3.05, 3.63) is 18.5 Å². The average Bonchev–Trinajstić information content (AvgIpc) is 3.05. The number of aliphatic hydroxyl groups is 1. The predicted octanol–water partition coefficient (Wildman–Crippen LogP) is 0.163. The Labute approximate surface area is 122 Å². The largest absolute Gasteiger partial charge is 0.396 e. The van der Waals surface area contributed by atoms with Crippen LogP contribution in [0.1, 0.15) is 19.8 Å². The fourth-order valence-electron chi connectivity index (χ4n) is 1.87. The van der Waals surface area contributed by atoms with Crippen molar-refractivity contribution in [1.29, 1.82) is 0 Å². The van der Waals surface area contributed by atoms with Crippen molar-refractivity contribution in [2.75, 3.05) is 23.9 Å². The summed E-state index contributed by atoms with van der Waals surface area (Å²) in [6.07, 6.45) is 5.08. The third-order valence-corrected chi connectivity index (χ3v) is 3.13. The first-order valence-electron chi connectivity index (χ1n) is 6.84. The minimum absolute atomic E-state index is 0.172. The third-order valence-electron chi connectivity index (χ3n) is 3.13. The van der Waals surface area contributed by atoms with E-state index in [1.807, 2.05) is 0 Å². The number of hydrazine groups is 1. The topological polar surface area (TPSA) is 127 Å². The summed E-state index contributed by atoms with van der Waals surface area (Å²) in [6, 6.07) is 1.78. The van der Waals surface area contributed by atoms with Gasteiger partial charge >= 0.3 is 0 Å². The lowest BCUT2D eigenvalue weighted by molar-refractivity contribution is 0.258. The summed E-state index contributed by atoms with van der Waals surface area (Å²) in [7, 11) is 0. The van der Waals surface area contributed by atoms with Gasteiger partial charge in [0.1, 0.15) is 0 Å². The Hall–Kier alpha value is -2.26. The number of rotatable bonds is 8. The number of nitrogens with zero attached hydrogens (tertiary/aromatic N) is 5. The van der Waals surface area contributed by atoms with E-state index < -0.39 is 0 Å². The van der Waals surface area contributed by atoms with Crippen LogP contribution < -0.4 is 16.6 Å². The molecule has 0 amide bonds. The summed E-state index contributed by atoms with van der Waals surface area (Å²) in [4.78, 5) is 12.6. The van der Waals surface area contributed by atoms with Crippen LogP contribution >= 0.6 is 0 Å². The Kier molecular flexibility index (Phi) is 5.41. The molecular weight excluding hydrogens is 272 g/mol. The van der Waals surface area contributed by atoms with Gasteiger partial charge in [0, 0.05) is 25.5 Å². The van der Waals surface area contributed by atoms with E-state index in [0.29, 0.717) is 24.4 Å². The number of hydrogen-bond donors (Lipinski definition) is 4. The summed E-state index contributed by atoms with van der Waals surface area (Å²) >= 11 is 0. The molecule has 2 aromatic heterocycles. The fourth-order valence-corrected chi connectivity index (χ4v) is 1.87. The molecule has 9 nitrogen and oxygen atoms in total. The molecule has 0 aliphatic carbocycles. The normalized spacial score (nSPS) is 12.1. The van der Waals surface area contributed by atoms with Gasteiger partial charge in [0.25, 0.3) is 5.95 Å². The second-order valence-corrected chi connectivity index (χ2v) is 4.55. The number of nitrogens with two attached hydrogens (primary N) is 1. The smallest absolute Gasteiger partial charge is 0.257 e. The van der Waals surface area contributed by atoms with Gasteiger partial charge in [-0.3, -0.25) is 5.43 Å². The second-order valence-electron chi connectivity index (χ2n) is 4.55. The van der Waals surface area contributed by atoms with E-state index in [9.17, 15) is 0 Å². The van der Waals surface area contributed by atoms with Crippen LogP contribution in [0, 0.1) is 5.92 Å². The lowest BCUT2D eigenvalue weighted by atomic mass is 10.0. The van der Waals surface area contributed by atoms with E-state index in [-0.39, 0.29) is 12.6 Å². The molecule has 9 heteroatoms. The first-order valence-corrected chi connectivity index (χ1v) is 6.84. The molecule has 21 heavy (non-hydrogen) atoms. The molecule has 0 fully saturated rings. The third kappa shape index (κ3) is 4.10. The molecule has 114 valence electrons. The predicted molar refractivity (Wildman–Crippen MR) is 78.7 cm³/mol. The lowest BCUT2D eigenvalue weighted by Gasteiger charge is -2.14. The summed E-state index contributed by atoms with van der Waals surface area (Å²) in [6.45, 7) is 2.92. The Bertz CT molecular complexity index is 544. The highest BCUT2D eigenvalue weighted by Gasteiger charge is 2.10. The van der Waals surface area contributed by atoms with Crippen LogP contribution in [0.2, 0.25) is 0 Å². The Morgan fingerprint density at radius 1 is 1.33 bits per heavy atom. The standard InChI is InChI=1S/C12H20N8O/c1-2-9(4-7-21)8-14-10-16-11(19-13)18-12(17-10)20-6-3-5-15-20/h3,5-6,9,21H,2,4,7-8,13H2,1H3,(H2,14,16,17,18,19). The van der Waals surface area contributed by atoms with Gasteiger partial charge in [-0.15, -0.1) is 0 Å². The number of aliphatic hydroxyl groups excluding tert-OH is 1. The Morgan fingerprint density at radius 2 is 2.14 bits per heavy atom. The SMILES string of the molecule is CCC(CCO)CNc1nc(NN)nc(-n2cccn2)n1. The van der Waals surface area contributed by atoms with Crippen LogP contribution in [0.3, 0.4) is 0 Å². The summed E-state index contributed by atoms with van der Waals surface area (Å²) < 4.78 is 1.53. The average molecular weight is 292 g/mol. The molecule has 5 N–H and O–H groups in total. The molecule has 1 atom stereocenters. The molecule has 2 aromatic rings. The van der Waals surface area contributed by atoms with Crippen molar-refractivity contribution in [2.24, 2.45) is 11.8 Å². The van der Waals surface area contributed by atoms with Crippen molar-refractivity contribution in [2.45, 2.75) is 19.8 Å². The fraction of sp³-hybridized carbons (Fsp3) is 0.500. The van der Waals surface area contributed by atoms with Gasteiger partial charge in [-0.25, -0.2) is 10.5 Å². The minimum Gasteiger partial charge on any atom is -0.396 e. The van der Waals surface area contributed by atoms with Gasteiger partial charge in [-0.1, -0.05) is 13.3 Å². The van der Waals surface area contributed by atoms with E-state index in [2.05, 4.69) is 37.7 Å². The van der Waals surface area contributed by atoms with E-state index >= 15 is 0 Å². The van der Waals surface area contributed by atoms with Gasteiger partial charge in [-0.2, -0.15) is 20.1 Å². The molecule has 0 aliphatic heterocycles. The van der Waals surface area contributed by atoms with Crippen LogP contribution in [0.15, 0.2) is 18.5 Å². The maximum atomic E-state index is 9.01. The number of nitrogen functional groups attached to an aromatic ring is 1. The molecule has 1 unspecified atom stereocenters. The van der Waals surface area contributed by atoms with Crippen LogP contribution in [-0.4, -0.2) is 43.0 Å². The highest BCUT2D eigenvalue weighted by atomic mass is 16.3. The molecule has 2 heterocycles. The maximum Gasteiger partial charge on any atom is 0.257 e. The van der Waals surface area contributed by atoms with Crippen molar-refractivity contribution in [3.8, 4) is 5.95 Å². The van der Waals surface area contributed by atoms with Crippen LogP contribution in [0.5, 0.6) is 0 Å². The van der Waals surface area contributed by atoms with Crippen molar-refractivity contribution in [1.82, 2.24) is 24.7 Å². The second kappa shape index (κ2) is 7.50. The number of hydrogen-bond acceptors (Lipinski definition) is 8. The Balaban J connectivity index is 2.13. The highest BCUT2D eigenvalue weighted by molar-refractivity contribution is 5.36. The monoisotopic (exact) mass is 292 g/mol. The van der Waals surface area contributed by atoms with Crippen LogP contribution in [-0.2, 0) is 0 Å². The molecule has 0 saturated heterocycles. The van der Waals surface area contributed by atoms with Gasteiger partial charge in [0.15, 0.2) is 0 Å². The number of anilines is 2. The molecule has 0 spiro atoms. The first-order chi connectivity index (χ1) is 10.3. The number of nitrogens with one attached hydrogen (secondary N) is 2. The van der Waals surface area contributed by atoms with E-state index in [4.69, 9.17) is 10.9 Å². The van der Waals surface area contributed by atoms with Crippen molar-refractivity contribution in [3.63, 3.8) is 0 Å². The quantitative estimate of drug-likeness (QED) is 0.400. The first kappa shape index (κ1) is 15.1. The van der Waals surface area contributed by atoms with Crippen molar-refractivity contribution < 1.29 is 5.11 Å². The van der Waals surface area contributed by atoms with E-state index in [0.717, 1.165) is 12.8 Å². The summed E-state index contributed by atoms with van der Waals surface area (Å²) in [5.74, 6) is 6.78. The van der Waals surface area contributed by atoms with Crippen LogP contribution in [0.25, 0.3) is 5.95 Å². The van der Waals surface area contributed by atoms with Gasteiger partial charge in [0.2, 0.25) is 11.9 Å². The zero-order valence-corrected chi connectivity index (χ0v) is 11.9. The zero-order valence-electron chi connectivity index (χ0n) is 11.9.